The Balaban J connectivity index is 1.81. The van der Waals surface area contributed by atoms with E-state index in [9.17, 15) is 45.6 Å². The highest BCUT2D eigenvalue weighted by molar-refractivity contribution is 5.88. The second kappa shape index (κ2) is 8.42. The molecule has 1 fully saturated rings. The number of ether oxygens (including phenoxy) is 2. The Labute approximate surface area is 184 Å². The maximum Gasteiger partial charge on any atom is 0.238 e. The first-order valence-electron chi connectivity index (χ1n) is 9.64. The van der Waals surface area contributed by atoms with E-state index in [0.717, 1.165) is 24.3 Å². The fraction of sp³-hybridized carbons (Fsp3) is 0.286. The average molecular weight is 464 g/mol. The van der Waals surface area contributed by atoms with Crippen molar-refractivity contribution in [3.05, 3.63) is 40.6 Å². The third kappa shape index (κ3) is 3.90. The Morgan fingerprint density at radius 3 is 2.30 bits per heavy atom. The van der Waals surface area contributed by atoms with Gasteiger partial charge in [-0.25, -0.2) is 0 Å². The van der Waals surface area contributed by atoms with Crippen LogP contribution in [0.25, 0.3) is 22.3 Å². The van der Waals surface area contributed by atoms with Gasteiger partial charge < -0.3 is 54.7 Å². The van der Waals surface area contributed by atoms with Gasteiger partial charge in [-0.1, -0.05) is 0 Å². The number of hydrogen-bond donors (Lipinski definition) is 8. The van der Waals surface area contributed by atoms with Gasteiger partial charge in [0, 0.05) is 17.7 Å². The molecule has 12 heteroatoms. The summed E-state index contributed by atoms with van der Waals surface area (Å²) in [5.41, 5.74) is -1.21. The molecule has 5 atom stereocenters. The highest BCUT2D eigenvalue weighted by atomic mass is 16.7. The van der Waals surface area contributed by atoms with E-state index >= 15 is 0 Å². The van der Waals surface area contributed by atoms with Gasteiger partial charge in [0.15, 0.2) is 17.3 Å². The lowest BCUT2D eigenvalue weighted by atomic mass is 9.99. The highest BCUT2D eigenvalue weighted by Gasteiger charge is 2.45. The van der Waals surface area contributed by atoms with Crippen LogP contribution in [0.5, 0.6) is 28.7 Å². The van der Waals surface area contributed by atoms with Crippen molar-refractivity contribution in [3.8, 4) is 40.1 Å². The molecule has 4 rings (SSSR count). The van der Waals surface area contributed by atoms with E-state index in [1.165, 1.54) is 6.07 Å². The molecule has 12 nitrogen and oxygen atoms in total. The Bertz CT molecular complexity index is 1250. The van der Waals surface area contributed by atoms with Crippen LogP contribution in [0.4, 0.5) is 0 Å². The van der Waals surface area contributed by atoms with Crippen molar-refractivity contribution in [3.63, 3.8) is 0 Å². The summed E-state index contributed by atoms with van der Waals surface area (Å²) in [5.74, 6) is -3.04. The van der Waals surface area contributed by atoms with Crippen LogP contribution in [0.3, 0.4) is 0 Å². The van der Waals surface area contributed by atoms with Crippen molar-refractivity contribution in [2.24, 2.45) is 0 Å². The number of aromatic hydroxyl groups is 4. The fourth-order valence-electron chi connectivity index (χ4n) is 3.50. The van der Waals surface area contributed by atoms with Crippen LogP contribution in [0.1, 0.15) is 0 Å². The Morgan fingerprint density at radius 1 is 0.909 bits per heavy atom. The van der Waals surface area contributed by atoms with Gasteiger partial charge in [0.25, 0.3) is 0 Å². The molecular formula is C21H20O12. The zero-order chi connectivity index (χ0) is 24.0. The topological polar surface area (TPSA) is 211 Å². The summed E-state index contributed by atoms with van der Waals surface area (Å²) in [7, 11) is 0. The second-order valence-corrected chi connectivity index (χ2v) is 7.44. The van der Waals surface area contributed by atoms with E-state index in [1.807, 2.05) is 0 Å². The van der Waals surface area contributed by atoms with Gasteiger partial charge in [0.2, 0.25) is 17.5 Å². The van der Waals surface area contributed by atoms with Crippen molar-refractivity contribution in [1.82, 2.24) is 0 Å². The largest absolute Gasteiger partial charge is 0.508 e. The normalized spacial score (nSPS) is 25.3. The fourth-order valence-corrected chi connectivity index (χ4v) is 3.50. The minimum absolute atomic E-state index is 0.0431. The zero-order valence-corrected chi connectivity index (χ0v) is 16.7. The molecule has 1 aliphatic heterocycles. The molecule has 33 heavy (non-hydrogen) atoms. The molecule has 0 radical (unpaired) electrons. The van der Waals surface area contributed by atoms with Crippen LogP contribution < -0.4 is 10.2 Å². The van der Waals surface area contributed by atoms with Crippen LogP contribution in [0, 0.1) is 0 Å². The number of aliphatic hydroxyl groups is 4. The molecule has 3 aromatic rings. The van der Waals surface area contributed by atoms with E-state index < -0.39 is 71.5 Å². The summed E-state index contributed by atoms with van der Waals surface area (Å²) in [5, 5.41) is 78.7. The molecule has 1 aromatic heterocycles. The van der Waals surface area contributed by atoms with Gasteiger partial charge in [0.05, 0.1) is 6.61 Å². The van der Waals surface area contributed by atoms with Crippen molar-refractivity contribution < 1.29 is 54.7 Å². The predicted molar refractivity (Wildman–Crippen MR) is 109 cm³/mol. The average Bonchev–Trinajstić information content (AvgIpc) is 2.78. The Kier molecular flexibility index (Phi) is 5.78. The molecule has 176 valence electrons. The van der Waals surface area contributed by atoms with Gasteiger partial charge in [-0.2, -0.15) is 0 Å². The van der Waals surface area contributed by atoms with Gasteiger partial charge >= 0.3 is 0 Å². The summed E-state index contributed by atoms with van der Waals surface area (Å²) in [6.45, 7) is -0.711. The molecule has 0 spiro atoms. The van der Waals surface area contributed by atoms with Crippen LogP contribution in [-0.4, -0.2) is 78.2 Å². The molecule has 0 unspecified atom stereocenters. The molecular weight excluding hydrogens is 444 g/mol. The highest BCUT2D eigenvalue weighted by Crippen LogP contribution is 2.38. The molecule has 8 N–H and O–H groups in total. The number of fused-ring (bicyclic) bond motifs is 1. The quantitative estimate of drug-likeness (QED) is 0.229. The first-order valence-corrected chi connectivity index (χ1v) is 9.64. The summed E-state index contributed by atoms with van der Waals surface area (Å²) in [4.78, 5) is 13.0. The van der Waals surface area contributed by atoms with Gasteiger partial charge in [0.1, 0.15) is 46.9 Å². The minimum atomic E-state index is -1.79. The smallest absolute Gasteiger partial charge is 0.238 e. The van der Waals surface area contributed by atoms with E-state index in [0.29, 0.717) is 0 Å². The standard InChI is InChI=1S/C21H20O12/c22-6-13-15(26)17(28)19(30)21(33-13)32-12-5-8(23)4-11-14(12)16(27)18(29)20(31-11)7-1-2-9(24)10(25)3-7/h1-5,13,15,17,19,21-26,28-30H,6H2/t13-,15-,17+,19-,21+/m1/s1. The molecule has 2 heterocycles. The lowest BCUT2D eigenvalue weighted by Crippen LogP contribution is -2.60. The maximum atomic E-state index is 13.0. The Morgan fingerprint density at radius 2 is 1.64 bits per heavy atom. The summed E-state index contributed by atoms with van der Waals surface area (Å²) >= 11 is 0. The van der Waals surface area contributed by atoms with E-state index in [4.69, 9.17) is 13.9 Å². The third-order valence-corrected chi connectivity index (χ3v) is 5.25. The predicted octanol–water partition coefficient (Wildman–Crippen LogP) is -0.539. The van der Waals surface area contributed by atoms with E-state index in [1.54, 1.807) is 0 Å². The van der Waals surface area contributed by atoms with Gasteiger partial charge in [-0.05, 0) is 18.2 Å². The number of rotatable bonds is 4. The third-order valence-electron chi connectivity index (χ3n) is 5.25. The summed E-state index contributed by atoms with van der Waals surface area (Å²) < 4.78 is 16.3. The first kappa shape index (κ1) is 22.6. The van der Waals surface area contributed by atoms with Crippen LogP contribution in [0.15, 0.2) is 39.5 Å². The van der Waals surface area contributed by atoms with Crippen molar-refractivity contribution >= 4 is 11.0 Å². The molecule has 1 aliphatic rings. The number of phenols is 3. The SMILES string of the molecule is O=c1c(O)c(-c2ccc(O)c(O)c2)oc2cc(O)cc(O[C@H]3O[C@H](CO)[C@@H](O)[C@H](O)[C@H]3O)c12. The lowest BCUT2D eigenvalue weighted by molar-refractivity contribution is -0.277. The van der Waals surface area contributed by atoms with E-state index in [-0.39, 0.29) is 22.3 Å². The van der Waals surface area contributed by atoms with Crippen molar-refractivity contribution in [1.29, 1.82) is 0 Å². The van der Waals surface area contributed by atoms with Gasteiger partial charge in [-0.3, -0.25) is 4.79 Å². The molecule has 0 saturated carbocycles. The van der Waals surface area contributed by atoms with Crippen LogP contribution >= 0.6 is 0 Å². The van der Waals surface area contributed by atoms with Crippen LogP contribution in [0.2, 0.25) is 0 Å². The summed E-state index contributed by atoms with van der Waals surface area (Å²) in [6.07, 6.45) is -8.12. The number of aliphatic hydroxyl groups excluding tert-OH is 4. The van der Waals surface area contributed by atoms with E-state index in [2.05, 4.69) is 0 Å². The lowest BCUT2D eigenvalue weighted by Gasteiger charge is -2.39. The molecule has 1 saturated heterocycles. The number of benzene rings is 2. The molecule has 0 aliphatic carbocycles. The second-order valence-electron chi connectivity index (χ2n) is 7.44. The van der Waals surface area contributed by atoms with Crippen LogP contribution in [-0.2, 0) is 4.74 Å². The monoisotopic (exact) mass is 464 g/mol. The number of hydrogen-bond acceptors (Lipinski definition) is 12. The maximum absolute atomic E-state index is 13.0. The molecule has 0 amide bonds. The summed E-state index contributed by atoms with van der Waals surface area (Å²) in [6, 6.07) is 5.47. The molecule has 2 aromatic carbocycles. The van der Waals surface area contributed by atoms with Crippen molar-refractivity contribution in [2.75, 3.05) is 6.61 Å². The van der Waals surface area contributed by atoms with Gasteiger partial charge in [-0.15, -0.1) is 0 Å². The number of phenolic OH excluding ortho intramolecular Hbond substituents is 3. The minimum Gasteiger partial charge on any atom is -0.508 e. The first-order chi connectivity index (χ1) is 15.6. The van der Waals surface area contributed by atoms with Crippen molar-refractivity contribution in [2.45, 2.75) is 30.7 Å². The zero-order valence-electron chi connectivity index (χ0n) is 16.7. The molecule has 0 bridgehead atoms. The Hall–Kier alpha value is -3.55.